The molecule has 1 aromatic carbocycles. The van der Waals surface area contributed by atoms with E-state index in [4.69, 9.17) is 0 Å². The minimum absolute atomic E-state index is 0.217. The van der Waals surface area contributed by atoms with Gasteiger partial charge in [0.05, 0.1) is 11.3 Å². The van der Waals surface area contributed by atoms with Gasteiger partial charge >= 0.3 is 0 Å². The topological polar surface area (TPSA) is 29.1 Å². The van der Waals surface area contributed by atoms with Crippen molar-refractivity contribution in [1.82, 2.24) is 0 Å². The fourth-order valence-electron chi connectivity index (χ4n) is 1.77. The molecule has 0 saturated carbocycles. The molecule has 0 fully saturated rings. The van der Waals surface area contributed by atoms with E-state index in [1.807, 2.05) is 19.9 Å². The number of anilines is 1. The Morgan fingerprint density at radius 3 is 2.50 bits per heavy atom. The second kappa shape index (κ2) is 4.90. The molecule has 18 heavy (non-hydrogen) atoms. The summed E-state index contributed by atoms with van der Waals surface area (Å²) in [7, 11) is 0. The molecule has 1 heterocycles. The monoisotopic (exact) mass is 263 g/mol. The maximum atomic E-state index is 13.6. The van der Waals surface area contributed by atoms with Crippen LogP contribution in [0.15, 0.2) is 24.3 Å². The minimum Gasteiger partial charge on any atom is -0.319 e. The molecule has 2 nitrogen and oxygen atoms in total. The van der Waals surface area contributed by atoms with E-state index in [0.29, 0.717) is 5.56 Å². The fourth-order valence-corrected chi connectivity index (χ4v) is 2.69. The van der Waals surface area contributed by atoms with Crippen LogP contribution in [0.5, 0.6) is 0 Å². The highest BCUT2D eigenvalue weighted by Gasteiger charge is 2.13. The highest BCUT2D eigenvalue weighted by molar-refractivity contribution is 7.12. The molecule has 0 saturated heterocycles. The van der Waals surface area contributed by atoms with Crippen molar-refractivity contribution in [2.45, 2.75) is 20.8 Å². The van der Waals surface area contributed by atoms with Crippen molar-refractivity contribution >= 4 is 22.9 Å². The third kappa shape index (κ3) is 2.59. The second-order valence-electron chi connectivity index (χ2n) is 4.26. The van der Waals surface area contributed by atoms with E-state index in [-0.39, 0.29) is 11.6 Å². The zero-order chi connectivity index (χ0) is 13.3. The number of amides is 1. The molecule has 0 aliphatic carbocycles. The van der Waals surface area contributed by atoms with Crippen molar-refractivity contribution in [3.8, 4) is 0 Å². The zero-order valence-corrected chi connectivity index (χ0v) is 11.3. The first-order valence-electron chi connectivity index (χ1n) is 5.62. The fraction of sp³-hybridized carbons (Fsp3) is 0.214. The summed E-state index contributed by atoms with van der Waals surface area (Å²) >= 11 is 1.56. The van der Waals surface area contributed by atoms with Crippen LogP contribution in [0.3, 0.4) is 0 Å². The normalized spacial score (nSPS) is 10.4. The average molecular weight is 263 g/mol. The number of hydrogen-bond donors (Lipinski definition) is 1. The number of carbonyl (C=O) groups is 1. The van der Waals surface area contributed by atoms with Gasteiger partial charge in [0.2, 0.25) is 0 Å². The van der Waals surface area contributed by atoms with Crippen LogP contribution >= 0.6 is 11.3 Å². The van der Waals surface area contributed by atoms with Crippen molar-refractivity contribution < 1.29 is 9.18 Å². The predicted molar refractivity (Wildman–Crippen MR) is 72.9 cm³/mol. The van der Waals surface area contributed by atoms with Gasteiger partial charge in [-0.05, 0) is 44.5 Å². The van der Waals surface area contributed by atoms with Crippen LogP contribution in [0.25, 0.3) is 0 Å². The Morgan fingerprint density at radius 1 is 1.22 bits per heavy atom. The van der Waals surface area contributed by atoms with E-state index in [2.05, 4.69) is 5.32 Å². The lowest BCUT2D eigenvalue weighted by atomic mass is 10.2. The minimum atomic E-state index is -0.409. The predicted octanol–water partition coefficient (Wildman–Crippen LogP) is 4.06. The van der Waals surface area contributed by atoms with E-state index in [1.54, 1.807) is 30.4 Å². The largest absolute Gasteiger partial charge is 0.319 e. The smallest absolute Gasteiger partial charge is 0.256 e. The molecule has 94 valence electrons. The van der Waals surface area contributed by atoms with Gasteiger partial charge in [0.1, 0.15) is 5.82 Å². The van der Waals surface area contributed by atoms with Gasteiger partial charge in [-0.25, -0.2) is 4.39 Å². The summed E-state index contributed by atoms with van der Waals surface area (Å²) in [5, 5.41) is 2.60. The number of aryl methyl sites for hydroxylation is 3. The van der Waals surface area contributed by atoms with Gasteiger partial charge in [0.25, 0.3) is 5.91 Å². The van der Waals surface area contributed by atoms with Crippen molar-refractivity contribution in [2.24, 2.45) is 0 Å². The van der Waals surface area contributed by atoms with Gasteiger partial charge in [-0.1, -0.05) is 6.07 Å². The van der Waals surface area contributed by atoms with Gasteiger partial charge < -0.3 is 5.32 Å². The highest BCUT2D eigenvalue weighted by Crippen LogP contribution is 2.22. The van der Waals surface area contributed by atoms with Crippen molar-refractivity contribution in [2.75, 3.05) is 5.32 Å². The number of hydrogen-bond acceptors (Lipinski definition) is 2. The van der Waals surface area contributed by atoms with Crippen LogP contribution in [0.1, 0.15) is 25.7 Å². The molecule has 0 radical (unpaired) electrons. The molecule has 0 bridgehead atoms. The molecule has 2 aromatic rings. The van der Waals surface area contributed by atoms with Crippen molar-refractivity contribution in [1.29, 1.82) is 0 Å². The van der Waals surface area contributed by atoms with E-state index < -0.39 is 5.82 Å². The number of rotatable bonds is 2. The van der Waals surface area contributed by atoms with Crippen LogP contribution in [0.2, 0.25) is 0 Å². The van der Waals surface area contributed by atoms with Crippen LogP contribution in [-0.2, 0) is 0 Å². The number of carbonyl (C=O) groups excluding carboxylic acids is 1. The standard InChI is InChI=1S/C14H14FNOS/c1-8-4-5-13(12(15)6-8)16-14(17)11-7-9(2)18-10(11)3/h4-7H,1-3H3,(H,16,17). The molecular formula is C14H14FNOS. The molecule has 1 N–H and O–H groups in total. The molecule has 1 aromatic heterocycles. The molecule has 0 aliphatic rings. The van der Waals surface area contributed by atoms with Gasteiger partial charge in [0.15, 0.2) is 0 Å². The first kappa shape index (κ1) is 12.8. The zero-order valence-electron chi connectivity index (χ0n) is 10.5. The van der Waals surface area contributed by atoms with Crippen LogP contribution in [0, 0.1) is 26.6 Å². The first-order chi connectivity index (χ1) is 8.47. The lowest BCUT2D eigenvalue weighted by Crippen LogP contribution is -2.13. The quantitative estimate of drug-likeness (QED) is 0.869. The Bertz CT molecular complexity index is 604. The van der Waals surface area contributed by atoms with Crippen LogP contribution < -0.4 is 5.32 Å². The van der Waals surface area contributed by atoms with E-state index in [9.17, 15) is 9.18 Å². The first-order valence-corrected chi connectivity index (χ1v) is 6.43. The Morgan fingerprint density at radius 2 is 1.94 bits per heavy atom. The summed E-state index contributed by atoms with van der Waals surface area (Å²) in [6.07, 6.45) is 0. The SMILES string of the molecule is Cc1ccc(NC(=O)c2cc(C)sc2C)c(F)c1. The number of benzene rings is 1. The Balaban J connectivity index is 2.24. The Kier molecular flexibility index (Phi) is 3.48. The molecule has 0 unspecified atom stereocenters. The van der Waals surface area contributed by atoms with Crippen LogP contribution in [0.4, 0.5) is 10.1 Å². The summed E-state index contributed by atoms with van der Waals surface area (Å²) in [5.41, 5.74) is 1.65. The summed E-state index contributed by atoms with van der Waals surface area (Å²) < 4.78 is 13.6. The maximum Gasteiger partial charge on any atom is 0.256 e. The van der Waals surface area contributed by atoms with Gasteiger partial charge in [-0.3, -0.25) is 4.79 Å². The Labute approximate surface area is 109 Å². The molecule has 0 atom stereocenters. The summed E-state index contributed by atoms with van der Waals surface area (Å²) in [5.74, 6) is -0.674. The lowest BCUT2D eigenvalue weighted by molar-refractivity contribution is 0.102. The number of thiophene rings is 1. The number of halogens is 1. The molecule has 2 rings (SSSR count). The third-order valence-corrected chi connectivity index (χ3v) is 3.62. The second-order valence-corrected chi connectivity index (χ2v) is 5.72. The van der Waals surface area contributed by atoms with E-state index in [1.165, 1.54) is 6.07 Å². The van der Waals surface area contributed by atoms with Gasteiger partial charge in [0, 0.05) is 9.75 Å². The van der Waals surface area contributed by atoms with E-state index in [0.717, 1.165) is 15.3 Å². The summed E-state index contributed by atoms with van der Waals surface area (Å²) in [6.45, 7) is 5.64. The molecule has 1 amide bonds. The maximum absolute atomic E-state index is 13.6. The van der Waals surface area contributed by atoms with Crippen LogP contribution in [-0.4, -0.2) is 5.91 Å². The van der Waals surface area contributed by atoms with Gasteiger partial charge in [-0.2, -0.15) is 0 Å². The van der Waals surface area contributed by atoms with Gasteiger partial charge in [-0.15, -0.1) is 11.3 Å². The molecule has 0 aliphatic heterocycles. The summed E-state index contributed by atoms with van der Waals surface area (Å²) in [4.78, 5) is 14.0. The van der Waals surface area contributed by atoms with Crippen molar-refractivity contribution in [3.05, 3.63) is 51.0 Å². The third-order valence-electron chi connectivity index (χ3n) is 2.66. The summed E-state index contributed by atoms with van der Waals surface area (Å²) in [6, 6.07) is 6.57. The number of nitrogens with one attached hydrogen (secondary N) is 1. The average Bonchev–Trinajstić information content (AvgIpc) is 2.62. The Hall–Kier alpha value is -1.68. The van der Waals surface area contributed by atoms with E-state index >= 15 is 0 Å². The molecular weight excluding hydrogens is 249 g/mol. The lowest BCUT2D eigenvalue weighted by Gasteiger charge is -2.06. The molecule has 0 spiro atoms. The molecule has 4 heteroatoms. The highest BCUT2D eigenvalue weighted by atomic mass is 32.1. The van der Waals surface area contributed by atoms with Crippen molar-refractivity contribution in [3.63, 3.8) is 0 Å².